The van der Waals surface area contributed by atoms with E-state index in [4.69, 9.17) is 9.73 Å². The number of methoxy groups -OCH3 is 1. The molecule has 4 nitrogen and oxygen atoms in total. The molecule has 0 amide bonds. The minimum Gasteiger partial charge on any atom is -0.497 e. The smallest absolute Gasteiger partial charge is 0.120 e. The fourth-order valence-corrected chi connectivity index (χ4v) is 3.71. The molecule has 0 unspecified atom stereocenters. The highest BCUT2D eigenvalue weighted by atomic mass is 16.5. The number of nitrogens with zero attached hydrogens (tertiary/aromatic N) is 2. The van der Waals surface area contributed by atoms with E-state index in [2.05, 4.69) is 22.0 Å². The number of aromatic amines is 1. The van der Waals surface area contributed by atoms with E-state index in [0.29, 0.717) is 0 Å². The van der Waals surface area contributed by atoms with E-state index in [1.165, 1.54) is 54.7 Å². The number of aromatic nitrogens is 1. The van der Waals surface area contributed by atoms with Crippen LogP contribution >= 0.6 is 0 Å². The third-order valence-electron chi connectivity index (χ3n) is 4.89. The number of rotatable bonds is 3. The molecule has 2 aromatic rings. The van der Waals surface area contributed by atoms with Gasteiger partial charge in [-0.2, -0.15) is 0 Å². The molecular weight excluding hydrogens is 274 g/mol. The maximum absolute atomic E-state index is 5.34. The van der Waals surface area contributed by atoms with Crippen LogP contribution in [0.15, 0.2) is 23.2 Å². The summed E-state index contributed by atoms with van der Waals surface area (Å²) in [5.41, 5.74) is 5.08. The van der Waals surface area contributed by atoms with Gasteiger partial charge in [-0.05, 0) is 50.0 Å². The van der Waals surface area contributed by atoms with Gasteiger partial charge in [0.05, 0.1) is 18.5 Å². The first-order valence-corrected chi connectivity index (χ1v) is 8.30. The van der Waals surface area contributed by atoms with E-state index >= 15 is 0 Å². The molecule has 2 aliphatic heterocycles. The Balaban J connectivity index is 1.67. The standard InChI is InChI=1S/C18H23N3O/c1-22-13-5-6-14-15-7-8-19-17(18(15)20-16(14)11-13)12-21-9-3-2-4-10-21/h5-6,11,20H,2-4,7-10,12H2,1H3. The highest BCUT2D eigenvalue weighted by molar-refractivity contribution is 6.07. The monoisotopic (exact) mass is 297 g/mol. The second-order valence-electron chi connectivity index (χ2n) is 6.31. The van der Waals surface area contributed by atoms with Crippen LogP contribution in [-0.4, -0.2) is 48.9 Å². The van der Waals surface area contributed by atoms with Gasteiger partial charge in [0.2, 0.25) is 0 Å². The van der Waals surface area contributed by atoms with Gasteiger partial charge in [0.1, 0.15) is 5.75 Å². The lowest BCUT2D eigenvalue weighted by Gasteiger charge is -2.27. The average molecular weight is 297 g/mol. The summed E-state index contributed by atoms with van der Waals surface area (Å²) < 4.78 is 5.34. The van der Waals surface area contributed by atoms with Gasteiger partial charge in [0.25, 0.3) is 0 Å². The number of likely N-dealkylation sites (tertiary alicyclic amines) is 1. The van der Waals surface area contributed by atoms with Gasteiger partial charge in [0.15, 0.2) is 0 Å². The van der Waals surface area contributed by atoms with Crippen LogP contribution in [0.4, 0.5) is 0 Å². The lowest BCUT2D eigenvalue weighted by Crippen LogP contribution is -2.36. The van der Waals surface area contributed by atoms with Gasteiger partial charge < -0.3 is 9.72 Å². The van der Waals surface area contributed by atoms with Crippen LogP contribution in [0.25, 0.3) is 10.9 Å². The molecule has 1 aromatic carbocycles. The SMILES string of the molecule is COc1ccc2c3c([nH]c2c1)C(CN1CCCCC1)=NCC3. The first-order chi connectivity index (χ1) is 10.8. The van der Waals surface area contributed by atoms with Gasteiger partial charge in [-0.1, -0.05) is 6.42 Å². The van der Waals surface area contributed by atoms with E-state index in [9.17, 15) is 0 Å². The van der Waals surface area contributed by atoms with E-state index in [0.717, 1.165) is 30.8 Å². The van der Waals surface area contributed by atoms with Crippen molar-refractivity contribution in [3.8, 4) is 5.75 Å². The van der Waals surface area contributed by atoms with Gasteiger partial charge in [-0.3, -0.25) is 9.89 Å². The average Bonchev–Trinajstić information content (AvgIpc) is 2.94. The normalized spacial score (nSPS) is 19.0. The molecule has 2 aliphatic rings. The van der Waals surface area contributed by atoms with Crippen LogP contribution in [0.5, 0.6) is 5.75 Å². The van der Waals surface area contributed by atoms with Crippen molar-refractivity contribution in [3.63, 3.8) is 0 Å². The first-order valence-electron chi connectivity index (χ1n) is 8.30. The van der Waals surface area contributed by atoms with E-state index in [1.807, 2.05) is 6.07 Å². The lowest BCUT2D eigenvalue weighted by atomic mass is 10.0. The molecule has 1 N–H and O–H groups in total. The molecule has 0 bridgehead atoms. The molecule has 0 atom stereocenters. The Morgan fingerprint density at radius 3 is 2.91 bits per heavy atom. The molecule has 1 aromatic heterocycles. The predicted molar refractivity (Wildman–Crippen MR) is 90.2 cm³/mol. The zero-order valence-electron chi connectivity index (χ0n) is 13.2. The summed E-state index contributed by atoms with van der Waals surface area (Å²) in [5.74, 6) is 0.903. The van der Waals surface area contributed by atoms with Crippen molar-refractivity contribution >= 4 is 16.6 Å². The van der Waals surface area contributed by atoms with Crippen molar-refractivity contribution < 1.29 is 4.74 Å². The van der Waals surface area contributed by atoms with Crippen molar-refractivity contribution in [2.75, 3.05) is 33.3 Å². The van der Waals surface area contributed by atoms with Crippen molar-refractivity contribution in [1.82, 2.24) is 9.88 Å². The summed E-state index contributed by atoms with van der Waals surface area (Å²) in [6.45, 7) is 4.32. The fourth-order valence-electron chi connectivity index (χ4n) is 3.71. The van der Waals surface area contributed by atoms with Gasteiger partial charge in [-0.25, -0.2) is 0 Å². The number of ether oxygens (including phenoxy) is 1. The summed E-state index contributed by atoms with van der Waals surface area (Å²) in [4.78, 5) is 11.0. The third-order valence-corrected chi connectivity index (χ3v) is 4.89. The van der Waals surface area contributed by atoms with Crippen molar-refractivity contribution in [3.05, 3.63) is 29.5 Å². The number of H-pyrrole nitrogens is 1. The number of hydrogen-bond acceptors (Lipinski definition) is 3. The molecule has 0 spiro atoms. The molecule has 1 fully saturated rings. The zero-order valence-corrected chi connectivity index (χ0v) is 13.2. The predicted octanol–water partition coefficient (Wildman–Crippen LogP) is 3.01. The van der Waals surface area contributed by atoms with Crippen LogP contribution in [-0.2, 0) is 6.42 Å². The minimum atomic E-state index is 0.903. The van der Waals surface area contributed by atoms with Crippen LogP contribution in [0, 0.1) is 0 Å². The maximum Gasteiger partial charge on any atom is 0.120 e. The zero-order chi connectivity index (χ0) is 14.9. The van der Waals surface area contributed by atoms with Crippen molar-refractivity contribution in [1.29, 1.82) is 0 Å². The molecule has 0 saturated carbocycles. The van der Waals surface area contributed by atoms with E-state index in [-0.39, 0.29) is 0 Å². The molecule has 4 rings (SSSR count). The Bertz CT molecular complexity index is 710. The summed E-state index contributed by atoms with van der Waals surface area (Å²) in [6.07, 6.45) is 5.06. The summed E-state index contributed by atoms with van der Waals surface area (Å²) >= 11 is 0. The third kappa shape index (κ3) is 2.41. The van der Waals surface area contributed by atoms with Crippen LogP contribution in [0.1, 0.15) is 30.5 Å². The highest BCUT2D eigenvalue weighted by Crippen LogP contribution is 2.29. The fraction of sp³-hybridized carbons (Fsp3) is 0.500. The quantitative estimate of drug-likeness (QED) is 0.946. The topological polar surface area (TPSA) is 40.6 Å². The van der Waals surface area contributed by atoms with Gasteiger partial charge in [0, 0.05) is 30.1 Å². The lowest BCUT2D eigenvalue weighted by molar-refractivity contribution is 0.258. The molecule has 3 heterocycles. The number of aliphatic imine (C=N–C) groups is 1. The van der Waals surface area contributed by atoms with Gasteiger partial charge in [-0.15, -0.1) is 0 Å². The number of hydrogen-bond donors (Lipinski definition) is 1. The minimum absolute atomic E-state index is 0.903. The second-order valence-corrected chi connectivity index (χ2v) is 6.31. The van der Waals surface area contributed by atoms with Crippen molar-refractivity contribution in [2.24, 2.45) is 4.99 Å². The highest BCUT2D eigenvalue weighted by Gasteiger charge is 2.22. The van der Waals surface area contributed by atoms with E-state index < -0.39 is 0 Å². The summed E-state index contributed by atoms with van der Waals surface area (Å²) in [6, 6.07) is 6.31. The number of piperidine rings is 1. The molecule has 0 aliphatic carbocycles. The van der Waals surface area contributed by atoms with Gasteiger partial charge >= 0.3 is 0 Å². The molecule has 22 heavy (non-hydrogen) atoms. The van der Waals surface area contributed by atoms with Crippen molar-refractivity contribution in [2.45, 2.75) is 25.7 Å². The van der Waals surface area contributed by atoms with Crippen LogP contribution in [0.2, 0.25) is 0 Å². The number of benzene rings is 1. The Morgan fingerprint density at radius 2 is 2.09 bits per heavy atom. The second kappa shape index (κ2) is 5.76. The Hall–Kier alpha value is -1.81. The maximum atomic E-state index is 5.34. The molecule has 4 heteroatoms. The molecule has 1 saturated heterocycles. The summed E-state index contributed by atoms with van der Waals surface area (Å²) in [7, 11) is 1.72. The van der Waals surface area contributed by atoms with Crippen LogP contribution in [0.3, 0.4) is 0 Å². The largest absolute Gasteiger partial charge is 0.497 e. The number of nitrogens with one attached hydrogen (secondary N) is 1. The Labute approximate surface area is 131 Å². The Kier molecular flexibility index (Phi) is 3.62. The van der Waals surface area contributed by atoms with Crippen LogP contribution < -0.4 is 4.74 Å². The summed E-state index contributed by atoms with van der Waals surface area (Å²) in [5, 5.41) is 1.32. The molecule has 0 radical (unpaired) electrons. The molecular formula is C18H23N3O. The molecule has 116 valence electrons. The first kappa shape index (κ1) is 13.8. The Morgan fingerprint density at radius 1 is 1.23 bits per heavy atom. The number of fused-ring (bicyclic) bond motifs is 3. The van der Waals surface area contributed by atoms with E-state index in [1.54, 1.807) is 7.11 Å².